The van der Waals surface area contributed by atoms with Gasteiger partial charge in [-0.05, 0) is 51.1 Å². The molecule has 0 amide bonds. The van der Waals surface area contributed by atoms with Crippen molar-refractivity contribution in [1.82, 2.24) is 9.80 Å². The summed E-state index contributed by atoms with van der Waals surface area (Å²) < 4.78 is 0. The van der Waals surface area contributed by atoms with Crippen LogP contribution >= 0.6 is 0 Å². The van der Waals surface area contributed by atoms with Gasteiger partial charge in [-0.1, -0.05) is 25.5 Å². The Hall–Kier alpha value is -0.380. The van der Waals surface area contributed by atoms with Crippen molar-refractivity contribution in [2.24, 2.45) is 11.3 Å². The maximum Gasteiger partial charge on any atom is 0.110 e. The Morgan fingerprint density at radius 1 is 1.20 bits per heavy atom. The molecular formula is C17H32N2O. The zero-order valence-corrected chi connectivity index (χ0v) is 13.7. The number of allylic oxidation sites excluding steroid dienone is 1. The van der Waals surface area contributed by atoms with E-state index < -0.39 is 0 Å². The highest BCUT2D eigenvalue weighted by Gasteiger charge is 2.46. The van der Waals surface area contributed by atoms with E-state index in [1.165, 1.54) is 38.0 Å². The van der Waals surface area contributed by atoms with Crippen LogP contribution in [0.5, 0.6) is 0 Å². The SMILES string of the molecule is CC(C)=CCC(O)N1CC2(CCN(CC(C)C)CC2)C1. The molecule has 1 N–H and O–H groups in total. The topological polar surface area (TPSA) is 26.7 Å². The molecular weight excluding hydrogens is 248 g/mol. The first-order chi connectivity index (χ1) is 9.40. The van der Waals surface area contributed by atoms with Gasteiger partial charge in [-0.15, -0.1) is 0 Å². The van der Waals surface area contributed by atoms with E-state index in [9.17, 15) is 5.11 Å². The lowest BCUT2D eigenvalue weighted by atomic mass is 9.71. The first-order valence-corrected chi connectivity index (χ1v) is 8.18. The van der Waals surface area contributed by atoms with Crippen molar-refractivity contribution in [2.45, 2.75) is 53.2 Å². The van der Waals surface area contributed by atoms with E-state index >= 15 is 0 Å². The Bertz CT molecular complexity index is 331. The van der Waals surface area contributed by atoms with Gasteiger partial charge in [0.15, 0.2) is 0 Å². The molecule has 0 aromatic heterocycles. The minimum atomic E-state index is -0.274. The summed E-state index contributed by atoms with van der Waals surface area (Å²) in [5.74, 6) is 0.771. The summed E-state index contributed by atoms with van der Waals surface area (Å²) in [6.45, 7) is 14.7. The van der Waals surface area contributed by atoms with Gasteiger partial charge in [0, 0.05) is 26.1 Å². The molecule has 20 heavy (non-hydrogen) atoms. The normalized spacial score (nSPS) is 24.7. The molecule has 0 saturated carbocycles. The standard InChI is InChI=1S/C17H32N2O/c1-14(2)5-6-16(20)19-12-17(13-19)7-9-18(10-8-17)11-15(3)4/h5,15-16,20H,6-13H2,1-4H3. The molecule has 0 aliphatic carbocycles. The zero-order valence-electron chi connectivity index (χ0n) is 13.7. The second kappa shape index (κ2) is 6.59. The van der Waals surface area contributed by atoms with E-state index in [0.717, 1.165) is 25.4 Å². The van der Waals surface area contributed by atoms with Crippen LogP contribution in [0.15, 0.2) is 11.6 Å². The smallest absolute Gasteiger partial charge is 0.110 e. The van der Waals surface area contributed by atoms with Crippen molar-refractivity contribution in [3.05, 3.63) is 11.6 Å². The van der Waals surface area contributed by atoms with Gasteiger partial charge in [-0.25, -0.2) is 0 Å². The van der Waals surface area contributed by atoms with Gasteiger partial charge in [-0.3, -0.25) is 4.90 Å². The number of piperidine rings is 1. The van der Waals surface area contributed by atoms with Crippen LogP contribution in [0.25, 0.3) is 0 Å². The fourth-order valence-corrected chi connectivity index (χ4v) is 3.56. The van der Waals surface area contributed by atoms with Crippen molar-refractivity contribution in [3.63, 3.8) is 0 Å². The lowest BCUT2D eigenvalue weighted by Crippen LogP contribution is -2.63. The number of aliphatic hydroxyl groups excluding tert-OH is 1. The predicted molar refractivity (Wildman–Crippen MR) is 84.6 cm³/mol. The van der Waals surface area contributed by atoms with Gasteiger partial charge < -0.3 is 10.0 Å². The third-order valence-electron chi connectivity index (χ3n) is 4.78. The molecule has 2 heterocycles. The van der Waals surface area contributed by atoms with Crippen molar-refractivity contribution < 1.29 is 5.11 Å². The molecule has 2 rings (SSSR count). The van der Waals surface area contributed by atoms with E-state index in [1.54, 1.807) is 0 Å². The van der Waals surface area contributed by atoms with Crippen LogP contribution in [0.4, 0.5) is 0 Å². The van der Waals surface area contributed by atoms with Gasteiger partial charge in [-0.2, -0.15) is 0 Å². The Labute approximate surface area is 124 Å². The number of aliphatic hydroxyl groups is 1. The highest BCUT2D eigenvalue weighted by atomic mass is 16.3. The number of hydrogen-bond donors (Lipinski definition) is 1. The molecule has 3 heteroatoms. The predicted octanol–water partition coefficient (Wildman–Crippen LogP) is 2.71. The summed E-state index contributed by atoms with van der Waals surface area (Å²) in [6, 6.07) is 0. The Morgan fingerprint density at radius 3 is 2.30 bits per heavy atom. The molecule has 1 atom stereocenters. The lowest BCUT2D eigenvalue weighted by Gasteiger charge is -2.55. The number of hydrogen-bond acceptors (Lipinski definition) is 3. The third-order valence-corrected chi connectivity index (χ3v) is 4.78. The molecule has 2 aliphatic rings. The van der Waals surface area contributed by atoms with Crippen LogP contribution < -0.4 is 0 Å². The maximum atomic E-state index is 10.2. The summed E-state index contributed by atoms with van der Waals surface area (Å²) >= 11 is 0. The third kappa shape index (κ3) is 4.06. The molecule has 3 nitrogen and oxygen atoms in total. The van der Waals surface area contributed by atoms with Crippen molar-refractivity contribution in [3.8, 4) is 0 Å². The zero-order chi connectivity index (χ0) is 14.8. The molecule has 1 spiro atoms. The highest BCUT2D eigenvalue weighted by Crippen LogP contribution is 2.41. The summed E-state index contributed by atoms with van der Waals surface area (Å²) in [6.07, 6.45) is 5.26. The summed E-state index contributed by atoms with van der Waals surface area (Å²) in [7, 11) is 0. The first-order valence-electron chi connectivity index (χ1n) is 8.18. The van der Waals surface area contributed by atoms with Crippen LogP contribution in [0.3, 0.4) is 0 Å². The summed E-state index contributed by atoms with van der Waals surface area (Å²) in [5, 5.41) is 10.2. The number of nitrogens with zero attached hydrogens (tertiary/aromatic N) is 2. The minimum absolute atomic E-state index is 0.274. The molecule has 2 aliphatic heterocycles. The Balaban J connectivity index is 1.72. The molecule has 2 fully saturated rings. The number of rotatable bonds is 5. The van der Waals surface area contributed by atoms with E-state index in [1.807, 2.05) is 0 Å². The fraction of sp³-hybridized carbons (Fsp3) is 0.882. The molecule has 0 radical (unpaired) electrons. The van der Waals surface area contributed by atoms with Gasteiger partial charge in [0.05, 0.1) is 0 Å². The van der Waals surface area contributed by atoms with Crippen molar-refractivity contribution >= 4 is 0 Å². The van der Waals surface area contributed by atoms with Gasteiger partial charge >= 0.3 is 0 Å². The average molecular weight is 280 g/mol. The lowest BCUT2D eigenvalue weighted by molar-refractivity contribution is -0.129. The molecule has 116 valence electrons. The summed E-state index contributed by atoms with van der Waals surface area (Å²) in [4.78, 5) is 4.86. The van der Waals surface area contributed by atoms with E-state index in [2.05, 4.69) is 43.6 Å². The van der Waals surface area contributed by atoms with Crippen LogP contribution in [-0.2, 0) is 0 Å². The number of likely N-dealkylation sites (tertiary alicyclic amines) is 2. The van der Waals surface area contributed by atoms with Crippen LogP contribution in [-0.4, -0.2) is 53.9 Å². The largest absolute Gasteiger partial charge is 0.378 e. The minimum Gasteiger partial charge on any atom is -0.378 e. The second-order valence-corrected chi connectivity index (χ2v) is 7.60. The van der Waals surface area contributed by atoms with E-state index in [-0.39, 0.29) is 6.23 Å². The molecule has 0 bridgehead atoms. The van der Waals surface area contributed by atoms with Crippen LogP contribution in [0.1, 0.15) is 47.0 Å². The fourth-order valence-electron chi connectivity index (χ4n) is 3.56. The Morgan fingerprint density at radius 2 is 1.80 bits per heavy atom. The van der Waals surface area contributed by atoms with Gasteiger partial charge in [0.2, 0.25) is 0 Å². The monoisotopic (exact) mass is 280 g/mol. The van der Waals surface area contributed by atoms with Gasteiger partial charge in [0.25, 0.3) is 0 Å². The van der Waals surface area contributed by atoms with Crippen molar-refractivity contribution in [2.75, 3.05) is 32.7 Å². The van der Waals surface area contributed by atoms with Gasteiger partial charge in [0.1, 0.15) is 6.23 Å². The Kier molecular flexibility index (Phi) is 5.27. The van der Waals surface area contributed by atoms with Crippen LogP contribution in [0, 0.1) is 11.3 Å². The second-order valence-electron chi connectivity index (χ2n) is 7.60. The van der Waals surface area contributed by atoms with Crippen LogP contribution in [0.2, 0.25) is 0 Å². The molecule has 2 saturated heterocycles. The first kappa shape index (κ1) is 16.0. The quantitative estimate of drug-likeness (QED) is 0.784. The summed E-state index contributed by atoms with van der Waals surface area (Å²) in [5.41, 5.74) is 1.81. The van der Waals surface area contributed by atoms with Crippen molar-refractivity contribution in [1.29, 1.82) is 0 Å². The molecule has 1 unspecified atom stereocenters. The van der Waals surface area contributed by atoms with E-state index in [4.69, 9.17) is 0 Å². The molecule has 0 aromatic rings. The van der Waals surface area contributed by atoms with E-state index in [0.29, 0.717) is 5.41 Å². The molecule has 0 aromatic carbocycles. The maximum absolute atomic E-state index is 10.2. The average Bonchev–Trinajstić information content (AvgIpc) is 2.33. The highest BCUT2D eigenvalue weighted by molar-refractivity contribution is 5.01.